The smallest absolute Gasteiger partial charge is 0.227 e. The number of piperidine rings is 1. The van der Waals surface area contributed by atoms with Crippen molar-refractivity contribution in [3.63, 3.8) is 0 Å². The molecule has 1 aromatic rings. The Morgan fingerprint density at radius 1 is 1.21 bits per heavy atom. The maximum atomic E-state index is 12.5. The second kappa shape index (κ2) is 8.70. The first kappa shape index (κ1) is 17.5. The number of hydrogen-bond acceptors (Lipinski definition) is 4. The van der Waals surface area contributed by atoms with Crippen molar-refractivity contribution in [1.82, 2.24) is 15.1 Å². The van der Waals surface area contributed by atoms with Crippen LogP contribution in [-0.4, -0.2) is 68.1 Å². The van der Waals surface area contributed by atoms with Crippen LogP contribution in [-0.2, 0) is 4.79 Å². The molecule has 2 aliphatic rings. The highest BCUT2D eigenvalue weighted by Crippen LogP contribution is 2.16. The third-order valence-corrected chi connectivity index (χ3v) is 5.07. The molecule has 1 aromatic carbocycles. The highest BCUT2D eigenvalue weighted by molar-refractivity contribution is 6.30. The molecular weight excluding hydrogens is 326 g/mol. The number of hydrogen-bond donors (Lipinski definition) is 1. The van der Waals surface area contributed by atoms with Gasteiger partial charge in [0.1, 0.15) is 12.4 Å². The number of benzene rings is 1. The molecular formula is C18H26ClN3O2. The molecule has 0 bridgehead atoms. The number of rotatable bonds is 5. The summed E-state index contributed by atoms with van der Waals surface area (Å²) in [4.78, 5) is 16.9. The molecule has 0 spiro atoms. The van der Waals surface area contributed by atoms with Crippen molar-refractivity contribution in [3.8, 4) is 5.75 Å². The van der Waals surface area contributed by atoms with Crippen LogP contribution in [0.25, 0.3) is 0 Å². The lowest BCUT2D eigenvalue weighted by molar-refractivity contribution is -0.137. The summed E-state index contributed by atoms with van der Waals surface area (Å²) in [6, 6.07) is 7.44. The third-order valence-electron chi connectivity index (χ3n) is 4.82. The van der Waals surface area contributed by atoms with Crippen molar-refractivity contribution < 1.29 is 9.53 Å². The zero-order valence-electron chi connectivity index (χ0n) is 14.0. The van der Waals surface area contributed by atoms with E-state index >= 15 is 0 Å². The van der Waals surface area contributed by atoms with E-state index < -0.39 is 0 Å². The summed E-state index contributed by atoms with van der Waals surface area (Å²) in [6.45, 7) is 6.94. The first-order valence-electron chi connectivity index (χ1n) is 8.82. The SMILES string of the molecule is O=C(C1CCCNC1)N1CCN(CCOc2ccc(Cl)cc2)CC1. The minimum atomic E-state index is 0.179. The van der Waals surface area contributed by atoms with E-state index in [4.69, 9.17) is 16.3 Å². The van der Waals surface area contributed by atoms with Crippen molar-refractivity contribution >= 4 is 17.5 Å². The van der Waals surface area contributed by atoms with E-state index in [9.17, 15) is 4.79 Å². The fourth-order valence-electron chi connectivity index (χ4n) is 3.34. The van der Waals surface area contributed by atoms with Crippen LogP contribution in [0.4, 0.5) is 0 Å². The minimum absolute atomic E-state index is 0.179. The Kier molecular flexibility index (Phi) is 6.35. The summed E-state index contributed by atoms with van der Waals surface area (Å²) in [5.74, 6) is 1.36. The predicted molar refractivity (Wildman–Crippen MR) is 95.6 cm³/mol. The second-order valence-corrected chi connectivity index (χ2v) is 6.95. The van der Waals surface area contributed by atoms with Gasteiger partial charge in [-0.25, -0.2) is 0 Å². The summed E-state index contributed by atoms with van der Waals surface area (Å²) in [5.41, 5.74) is 0. The Morgan fingerprint density at radius 3 is 2.62 bits per heavy atom. The molecule has 1 N–H and O–H groups in total. The lowest BCUT2D eigenvalue weighted by Gasteiger charge is -2.37. The van der Waals surface area contributed by atoms with Gasteiger partial charge in [0.2, 0.25) is 5.91 Å². The van der Waals surface area contributed by atoms with Crippen LogP contribution < -0.4 is 10.1 Å². The van der Waals surface area contributed by atoms with Gasteiger partial charge in [-0.1, -0.05) is 11.6 Å². The number of ether oxygens (including phenoxy) is 1. The average Bonchev–Trinajstić information content (AvgIpc) is 2.64. The maximum absolute atomic E-state index is 12.5. The summed E-state index contributed by atoms with van der Waals surface area (Å²) < 4.78 is 5.74. The normalized spacial score (nSPS) is 22.4. The Labute approximate surface area is 148 Å². The maximum Gasteiger partial charge on any atom is 0.227 e. The predicted octanol–water partition coefficient (Wildman–Crippen LogP) is 1.86. The molecule has 132 valence electrons. The van der Waals surface area contributed by atoms with Crippen molar-refractivity contribution in [2.75, 3.05) is 52.4 Å². The highest BCUT2D eigenvalue weighted by Gasteiger charge is 2.28. The zero-order chi connectivity index (χ0) is 16.8. The monoisotopic (exact) mass is 351 g/mol. The number of nitrogens with zero attached hydrogens (tertiary/aromatic N) is 2. The Bertz CT molecular complexity index is 524. The topological polar surface area (TPSA) is 44.8 Å². The number of carbonyl (C=O) groups excluding carboxylic acids is 1. The van der Waals surface area contributed by atoms with Crippen LogP contribution >= 0.6 is 11.6 Å². The fourth-order valence-corrected chi connectivity index (χ4v) is 3.46. The largest absolute Gasteiger partial charge is 0.492 e. The number of piperazine rings is 1. The molecule has 2 saturated heterocycles. The highest BCUT2D eigenvalue weighted by atomic mass is 35.5. The molecule has 2 heterocycles. The molecule has 6 heteroatoms. The number of carbonyl (C=O) groups is 1. The number of amides is 1. The fraction of sp³-hybridized carbons (Fsp3) is 0.611. The van der Waals surface area contributed by atoms with E-state index in [1.165, 1.54) is 0 Å². The van der Waals surface area contributed by atoms with Gasteiger partial charge in [-0.3, -0.25) is 9.69 Å². The van der Waals surface area contributed by atoms with Gasteiger partial charge in [0.15, 0.2) is 0 Å². The first-order chi connectivity index (χ1) is 11.7. The number of halogens is 1. The number of nitrogens with one attached hydrogen (secondary N) is 1. The van der Waals surface area contributed by atoms with E-state index in [1.54, 1.807) is 0 Å². The van der Waals surface area contributed by atoms with Gasteiger partial charge >= 0.3 is 0 Å². The van der Waals surface area contributed by atoms with Crippen molar-refractivity contribution in [2.24, 2.45) is 5.92 Å². The molecule has 24 heavy (non-hydrogen) atoms. The van der Waals surface area contributed by atoms with Crippen LogP contribution in [0, 0.1) is 5.92 Å². The van der Waals surface area contributed by atoms with Gasteiger partial charge in [0.05, 0.1) is 5.92 Å². The lowest BCUT2D eigenvalue weighted by atomic mass is 9.98. The molecule has 1 atom stereocenters. The third kappa shape index (κ3) is 4.85. The molecule has 5 nitrogen and oxygen atoms in total. The second-order valence-electron chi connectivity index (χ2n) is 6.51. The molecule has 0 saturated carbocycles. The molecule has 1 amide bonds. The molecule has 2 fully saturated rings. The van der Waals surface area contributed by atoms with E-state index in [-0.39, 0.29) is 5.92 Å². The lowest BCUT2D eigenvalue weighted by Crippen LogP contribution is -2.52. The van der Waals surface area contributed by atoms with Crippen LogP contribution in [0.2, 0.25) is 5.02 Å². The van der Waals surface area contributed by atoms with Crippen LogP contribution in [0.1, 0.15) is 12.8 Å². The van der Waals surface area contributed by atoms with E-state index in [2.05, 4.69) is 10.2 Å². The molecule has 0 aliphatic carbocycles. The Morgan fingerprint density at radius 2 is 1.96 bits per heavy atom. The summed E-state index contributed by atoms with van der Waals surface area (Å²) >= 11 is 5.86. The summed E-state index contributed by atoms with van der Waals surface area (Å²) in [7, 11) is 0. The van der Waals surface area contributed by atoms with Crippen molar-refractivity contribution in [1.29, 1.82) is 0 Å². The van der Waals surface area contributed by atoms with Crippen molar-refractivity contribution in [2.45, 2.75) is 12.8 Å². The first-order valence-corrected chi connectivity index (χ1v) is 9.20. The minimum Gasteiger partial charge on any atom is -0.492 e. The quantitative estimate of drug-likeness (QED) is 0.879. The van der Waals surface area contributed by atoms with Gasteiger partial charge in [-0.2, -0.15) is 0 Å². The van der Waals surface area contributed by atoms with Crippen LogP contribution in [0.3, 0.4) is 0 Å². The molecule has 0 aromatic heterocycles. The summed E-state index contributed by atoms with van der Waals surface area (Å²) in [6.07, 6.45) is 2.14. The molecule has 1 unspecified atom stereocenters. The summed E-state index contributed by atoms with van der Waals surface area (Å²) in [5, 5.41) is 4.05. The van der Waals surface area contributed by atoms with Crippen LogP contribution in [0.15, 0.2) is 24.3 Å². The molecule has 2 aliphatic heterocycles. The van der Waals surface area contributed by atoms with Gasteiger partial charge in [0, 0.05) is 44.3 Å². The zero-order valence-corrected chi connectivity index (χ0v) is 14.8. The average molecular weight is 352 g/mol. The standard InChI is InChI=1S/C18H26ClN3O2/c19-16-3-5-17(6-4-16)24-13-12-21-8-10-22(11-9-21)18(23)15-2-1-7-20-14-15/h3-6,15,20H,1-2,7-14H2. The molecule has 3 rings (SSSR count). The van der Waals surface area contributed by atoms with Gasteiger partial charge in [-0.05, 0) is 43.7 Å². The van der Waals surface area contributed by atoms with Crippen LogP contribution in [0.5, 0.6) is 5.75 Å². The van der Waals surface area contributed by atoms with Gasteiger partial charge < -0.3 is 15.0 Å². The van der Waals surface area contributed by atoms with Gasteiger partial charge in [-0.15, -0.1) is 0 Å². The Balaban J connectivity index is 1.35. The van der Waals surface area contributed by atoms with E-state index in [0.29, 0.717) is 12.5 Å². The molecule has 0 radical (unpaired) electrons. The van der Waals surface area contributed by atoms with E-state index in [1.807, 2.05) is 29.2 Å². The Hall–Kier alpha value is -1.30. The van der Waals surface area contributed by atoms with Crippen molar-refractivity contribution in [3.05, 3.63) is 29.3 Å². The van der Waals surface area contributed by atoms with E-state index in [0.717, 1.165) is 69.4 Å². The van der Waals surface area contributed by atoms with Gasteiger partial charge in [0.25, 0.3) is 0 Å².